The maximum atomic E-state index is 5.48. The van der Waals surface area contributed by atoms with Crippen LogP contribution in [-0.4, -0.2) is 26.5 Å². The number of aliphatic imine (C=N–C) groups is 1. The number of nitrogens with zero attached hydrogens (tertiary/aromatic N) is 1. The second kappa shape index (κ2) is 6.00. The Morgan fingerprint density at radius 2 is 1.58 bits per heavy atom. The molecule has 0 spiro atoms. The van der Waals surface area contributed by atoms with Crippen molar-refractivity contribution in [3.8, 4) is 11.5 Å². The van der Waals surface area contributed by atoms with Crippen LogP contribution >= 0.6 is 0 Å². The molecule has 3 aromatic rings. The minimum Gasteiger partial charge on any atom is -0.493 e. The molecule has 3 nitrogen and oxygen atoms in total. The number of ether oxygens (including phenoxy) is 2. The first-order chi connectivity index (χ1) is 11.8. The van der Waals surface area contributed by atoms with Gasteiger partial charge >= 0.3 is 0 Å². The monoisotopic (exact) mass is 317 g/mol. The Labute approximate surface area is 141 Å². The summed E-state index contributed by atoms with van der Waals surface area (Å²) in [7, 11) is 3.34. The molecule has 1 heterocycles. The lowest BCUT2D eigenvalue weighted by molar-refractivity contribution is 0.354. The van der Waals surface area contributed by atoms with Gasteiger partial charge in [-0.15, -0.1) is 0 Å². The molecule has 3 heteroatoms. The normalized spacial score (nSPS) is 13.3. The fourth-order valence-electron chi connectivity index (χ4n) is 3.31. The van der Waals surface area contributed by atoms with Crippen molar-refractivity contribution in [2.75, 3.05) is 20.8 Å². The van der Waals surface area contributed by atoms with Gasteiger partial charge in [0.1, 0.15) is 0 Å². The molecule has 24 heavy (non-hydrogen) atoms. The van der Waals surface area contributed by atoms with Crippen molar-refractivity contribution in [2.45, 2.75) is 6.42 Å². The lowest BCUT2D eigenvalue weighted by Gasteiger charge is -2.20. The Morgan fingerprint density at radius 1 is 0.833 bits per heavy atom. The molecule has 0 aromatic heterocycles. The van der Waals surface area contributed by atoms with E-state index in [0.29, 0.717) is 0 Å². The highest BCUT2D eigenvalue weighted by atomic mass is 16.5. The number of benzene rings is 3. The van der Waals surface area contributed by atoms with Crippen LogP contribution in [0.5, 0.6) is 11.5 Å². The highest BCUT2D eigenvalue weighted by Crippen LogP contribution is 2.34. The summed E-state index contributed by atoms with van der Waals surface area (Å²) in [5.41, 5.74) is 4.56. The molecule has 0 radical (unpaired) electrons. The van der Waals surface area contributed by atoms with Crippen LogP contribution in [0.4, 0.5) is 0 Å². The van der Waals surface area contributed by atoms with Gasteiger partial charge in [-0.25, -0.2) is 0 Å². The molecule has 0 fully saturated rings. The molecular formula is C21H19NO2. The molecule has 0 amide bonds. The van der Waals surface area contributed by atoms with E-state index in [2.05, 4.69) is 48.5 Å². The third kappa shape index (κ3) is 2.42. The van der Waals surface area contributed by atoms with E-state index in [4.69, 9.17) is 14.5 Å². The van der Waals surface area contributed by atoms with Gasteiger partial charge in [0.15, 0.2) is 11.5 Å². The highest BCUT2D eigenvalue weighted by Gasteiger charge is 2.19. The number of hydrogen-bond acceptors (Lipinski definition) is 3. The molecule has 1 aliphatic heterocycles. The first kappa shape index (κ1) is 14.8. The van der Waals surface area contributed by atoms with E-state index in [1.54, 1.807) is 14.2 Å². The zero-order valence-corrected chi connectivity index (χ0v) is 13.9. The van der Waals surface area contributed by atoms with Crippen LogP contribution in [0.1, 0.15) is 16.7 Å². The Kier molecular flexibility index (Phi) is 3.69. The molecule has 0 atom stereocenters. The van der Waals surface area contributed by atoms with Gasteiger partial charge < -0.3 is 9.47 Å². The molecule has 0 N–H and O–H groups in total. The average molecular weight is 317 g/mol. The molecular weight excluding hydrogens is 298 g/mol. The number of methoxy groups -OCH3 is 2. The van der Waals surface area contributed by atoms with Gasteiger partial charge in [-0.05, 0) is 41.0 Å². The van der Waals surface area contributed by atoms with Crippen molar-refractivity contribution in [2.24, 2.45) is 4.99 Å². The second-order valence-electron chi connectivity index (χ2n) is 5.91. The Hall–Kier alpha value is -2.81. The number of hydrogen-bond donors (Lipinski definition) is 0. The summed E-state index contributed by atoms with van der Waals surface area (Å²) in [6, 6.07) is 19.0. The van der Waals surface area contributed by atoms with Crippen molar-refractivity contribution in [1.82, 2.24) is 0 Å². The van der Waals surface area contributed by atoms with E-state index in [1.165, 1.54) is 16.3 Å². The average Bonchev–Trinajstić information content (AvgIpc) is 2.65. The number of fused-ring (bicyclic) bond motifs is 2. The minimum atomic E-state index is 0.742. The predicted molar refractivity (Wildman–Crippen MR) is 97.7 cm³/mol. The minimum absolute atomic E-state index is 0.742. The smallest absolute Gasteiger partial charge is 0.161 e. The molecule has 0 saturated heterocycles. The van der Waals surface area contributed by atoms with Crippen LogP contribution in [-0.2, 0) is 6.42 Å². The summed E-state index contributed by atoms with van der Waals surface area (Å²) < 4.78 is 10.9. The van der Waals surface area contributed by atoms with E-state index in [1.807, 2.05) is 6.07 Å². The van der Waals surface area contributed by atoms with Crippen LogP contribution < -0.4 is 9.47 Å². The predicted octanol–water partition coefficient (Wildman–Crippen LogP) is 4.25. The summed E-state index contributed by atoms with van der Waals surface area (Å²) in [6.45, 7) is 0.796. The van der Waals surface area contributed by atoms with Crippen molar-refractivity contribution >= 4 is 16.5 Å². The largest absolute Gasteiger partial charge is 0.493 e. The fraction of sp³-hybridized carbons (Fsp3) is 0.190. The van der Waals surface area contributed by atoms with Crippen LogP contribution in [0.25, 0.3) is 10.8 Å². The topological polar surface area (TPSA) is 30.8 Å². The van der Waals surface area contributed by atoms with Crippen molar-refractivity contribution in [1.29, 1.82) is 0 Å². The third-order valence-electron chi connectivity index (χ3n) is 4.54. The third-order valence-corrected chi connectivity index (χ3v) is 4.54. The van der Waals surface area contributed by atoms with E-state index >= 15 is 0 Å². The maximum absolute atomic E-state index is 5.48. The standard InChI is InChI=1S/C21H19NO2/c1-23-19-12-16-9-10-22-21(18(16)13-20(19)24-2)17-8-7-14-5-3-4-6-15(14)11-17/h3-8,11-13H,9-10H2,1-2H3. The quantitative estimate of drug-likeness (QED) is 0.723. The van der Waals surface area contributed by atoms with E-state index < -0.39 is 0 Å². The molecule has 120 valence electrons. The van der Waals surface area contributed by atoms with Crippen LogP contribution in [0.3, 0.4) is 0 Å². The molecule has 4 rings (SSSR count). The maximum Gasteiger partial charge on any atom is 0.161 e. The lowest BCUT2D eigenvalue weighted by Crippen LogP contribution is -2.14. The molecule has 3 aromatic carbocycles. The van der Waals surface area contributed by atoms with Gasteiger partial charge in [0.2, 0.25) is 0 Å². The summed E-state index contributed by atoms with van der Waals surface area (Å²) in [5.74, 6) is 1.52. The van der Waals surface area contributed by atoms with Gasteiger partial charge in [0, 0.05) is 17.7 Å². The van der Waals surface area contributed by atoms with Crippen molar-refractivity contribution in [3.63, 3.8) is 0 Å². The molecule has 1 aliphatic rings. The van der Waals surface area contributed by atoms with Gasteiger partial charge in [-0.2, -0.15) is 0 Å². The molecule has 0 bridgehead atoms. The van der Waals surface area contributed by atoms with Crippen molar-refractivity contribution < 1.29 is 9.47 Å². The van der Waals surface area contributed by atoms with Gasteiger partial charge in [0.25, 0.3) is 0 Å². The Morgan fingerprint density at radius 3 is 2.38 bits per heavy atom. The number of rotatable bonds is 3. The SMILES string of the molecule is COc1cc2c(cc1OC)C(c1ccc3ccccc3c1)=NCC2. The van der Waals surface area contributed by atoms with Crippen molar-refractivity contribution in [3.05, 3.63) is 71.3 Å². The molecule has 0 aliphatic carbocycles. The second-order valence-corrected chi connectivity index (χ2v) is 5.91. The summed E-state index contributed by atoms with van der Waals surface area (Å²) in [4.78, 5) is 4.80. The summed E-state index contributed by atoms with van der Waals surface area (Å²) in [6.07, 6.45) is 0.923. The summed E-state index contributed by atoms with van der Waals surface area (Å²) in [5, 5.41) is 2.47. The van der Waals surface area contributed by atoms with E-state index in [0.717, 1.165) is 41.3 Å². The zero-order chi connectivity index (χ0) is 16.5. The first-order valence-corrected chi connectivity index (χ1v) is 8.09. The van der Waals surface area contributed by atoms with Gasteiger partial charge in [-0.1, -0.05) is 36.4 Å². The van der Waals surface area contributed by atoms with E-state index in [-0.39, 0.29) is 0 Å². The van der Waals surface area contributed by atoms with Crippen LogP contribution in [0.2, 0.25) is 0 Å². The van der Waals surface area contributed by atoms with Crippen LogP contribution in [0, 0.1) is 0 Å². The zero-order valence-electron chi connectivity index (χ0n) is 13.9. The lowest BCUT2D eigenvalue weighted by atomic mass is 9.92. The molecule has 0 saturated carbocycles. The Bertz CT molecular complexity index is 944. The van der Waals surface area contributed by atoms with Gasteiger partial charge in [-0.3, -0.25) is 4.99 Å². The van der Waals surface area contributed by atoms with Crippen LogP contribution in [0.15, 0.2) is 59.6 Å². The van der Waals surface area contributed by atoms with Gasteiger partial charge in [0.05, 0.1) is 19.9 Å². The first-order valence-electron chi connectivity index (χ1n) is 8.09. The summed E-state index contributed by atoms with van der Waals surface area (Å²) >= 11 is 0. The molecule has 0 unspecified atom stereocenters. The van der Waals surface area contributed by atoms with E-state index in [9.17, 15) is 0 Å². The Balaban J connectivity index is 1.86. The highest BCUT2D eigenvalue weighted by molar-refractivity contribution is 6.15. The fourth-order valence-corrected chi connectivity index (χ4v) is 3.31.